The number of hydrogen-bond acceptors (Lipinski definition) is 5. The number of aliphatic imine (C=N–C) groups is 1. The van der Waals surface area contributed by atoms with Crippen molar-refractivity contribution < 1.29 is 9.47 Å². The van der Waals surface area contributed by atoms with Gasteiger partial charge in [-0.2, -0.15) is 0 Å². The van der Waals surface area contributed by atoms with Crippen LogP contribution in [0.15, 0.2) is 29.3 Å². The summed E-state index contributed by atoms with van der Waals surface area (Å²) in [6.07, 6.45) is 0.182. The van der Waals surface area contributed by atoms with Gasteiger partial charge in [-0.1, -0.05) is 45.9 Å². The summed E-state index contributed by atoms with van der Waals surface area (Å²) in [7, 11) is 1.80. The first-order valence-corrected chi connectivity index (χ1v) is 11.8. The van der Waals surface area contributed by atoms with E-state index in [1.54, 1.807) is 7.05 Å². The van der Waals surface area contributed by atoms with Gasteiger partial charge in [0.25, 0.3) is 0 Å². The van der Waals surface area contributed by atoms with Crippen molar-refractivity contribution in [1.82, 2.24) is 20.4 Å². The summed E-state index contributed by atoms with van der Waals surface area (Å²) in [4.78, 5) is 9.22. The summed E-state index contributed by atoms with van der Waals surface area (Å²) in [5.74, 6) is 2.38. The number of nitrogens with one attached hydrogen (secondary N) is 2. The minimum absolute atomic E-state index is 0. The second-order valence-electron chi connectivity index (χ2n) is 8.44. The number of halogens is 1. The lowest BCUT2D eigenvalue weighted by molar-refractivity contribution is -0.0284. The van der Waals surface area contributed by atoms with Crippen molar-refractivity contribution in [3.8, 4) is 5.75 Å². The third-order valence-electron chi connectivity index (χ3n) is 5.55. The summed E-state index contributed by atoms with van der Waals surface area (Å²) in [6, 6.07) is 8.20. The highest BCUT2D eigenvalue weighted by molar-refractivity contribution is 14.0. The summed E-state index contributed by atoms with van der Waals surface area (Å²) in [5.41, 5.74) is 1.13. The smallest absolute Gasteiger partial charge is 0.191 e. The molecule has 0 saturated carbocycles. The van der Waals surface area contributed by atoms with E-state index in [1.807, 2.05) is 18.2 Å². The van der Waals surface area contributed by atoms with Gasteiger partial charge in [0.15, 0.2) is 5.96 Å². The average Bonchev–Trinajstić information content (AvgIpc) is 2.77. The maximum Gasteiger partial charge on any atom is 0.191 e. The Morgan fingerprint density at radius 2 is 2.00 bits per heavy atom. The van der Waals surface area contributed by atoms with Gasteiger partial charge >= 0.3 is 0 Å². The van der Waals surface area contributed by atoms with Gasteiger partial charge < -0.3 is 25.0 Å². The Morgan fingerprint density at radius 3 is 2.69 bits per heavy atom. The zero-order valence-electron chi connectivity index (χ0n) is 20.6. The number of hydrogen-bond donors (Lipinski definition) is 2. The molecule has 1 atom stereocenters. The van der Waals surface area contributed by atoms with Gasteiger partial charge in [-0.3, -0.25) is 9.89 Å². The van der Waals surface area contributed by atoms with E-state index in [9.17, 15) is 0 Å². The van der Waals surface area contributed by atoms with Crippen LogP contribution in [-0.2, 0) is 11.3 Å². The Labute approximate surface area is 212 Å². The molecule has 7 nitrogen and oxygen atoms in total. The van der Waals surface area contributed by atoms with E-state index in [2.05, 4.69) is 59.2 Å². The number of rotatable bonds is 12. The highest BCUT2D eigenvalue weighted by Crippen LogP contribution is 2.17. The molecule has 1 fully saturated rings. The van der Waals surface area contributed by atoms with Crippen molar-refractivity contribution in [3.63, 3.8) is 0 Å². The average molecular weight is 562 g/mol. The zero-order chi connectivity index (χ0) is 22.5. The van der Waals surface area contributed by atoms with E-state index in [1.165, 1.54) is 0 Å². The lowest BCUT2D eigenvalue weighted by Crippen LogP contribution is -2.50. The normalized spacial score (nSPS) is 17.3. The van der Waals surface area contributed by atoms with E-state index in [4.69, 9.17) is 9.47 Å². The third kappa shape index (κ3) is 10.7. The third-order valence-corrected chi connectivity index (χ3v) is 5.55. The molecule has 0 amide bonds. The summed E-state index contributed by atoms with van der Waals surface area (Å²) in [6.45, 7) is 17.9. The maximum absolute atomic E-state index is 6.07. The van der Waals surface area contributed by atoms with E-state index in [0.29, 0.717) is 19.1 Å². The SMILES string of the molecule is CCN(CC)CCOc1ccccc1CNC(=NC)NCC1CN(CC(C)C)CCO1.I. The fourth-order valence-corrected chi connectivity index (χ4v) is 3.81. The number of benzene rings is 1. The fourth-order valence-electron chi connectivity index (χ4n) is 3.81. The van der Waals surface area contributed by atoms with Crippen LogP contribution in [0.3, 0.4) is 0 Å². The topological polar surface area (TPSA) is 61.4 Å². The Kier molecular flexibility index (Phi) is 14.9. The van der Waals surface area contributed by atoms with Gasteiger partial charge in [0, 0.05) is 51.9 Å². The molecule has 2 N–H and O–H groups in total. The Balaban J connectivity index is 0.00000512. The standard InChI is InChI=1S/C24H43N5O2.HI/c1-6-28(7-2)12-15-31-23-11-9-8-10-21(23)16-26-24(25-5)27-17-22-19-29(13-14-30-22)18-20(3)4;/h8-11,20,22H,6-7,12-19H2,1-5H3,(H2,25,26,27);1H. The molecule has 0 spiro atoms. The molecule has 2 rings (SSSR count). The largest absolute Gasteiger partial charge is 0.492 e. The number of ether oxygens (including phenoxy) is 2. The van der Waals surface area contributed by atoms with E-state index in [0.717, 1.165) is 69.7 Å². The van der Waals surface area contributed by atoms with Gasteiger partial charge in [0.2, 0.25) is 0 Å². The summed E-state index contributed by atoms with van der Waals surface area (Å²) >= 11 is 0. The van der Waals surface area contributed by atoms with Crippen LogP contribution in [0.4, 0.5) is 0 Å². The van der Waals surface area contributed by atoms with E-state index in [-0.39, 0.29) is 30.1 Å². The fraction of sp³-hybridized carbons (Fsp3) is 0.708. The molecule has 0 aliphatic carbocycles. The number of guanidine groups is 1. The summed E-state index contributed by atoms with van der Waals surface area (Å²) in [5, 5.41) is 6.83. The highest BCUT2D eigenvalue weighted by Gasteiger charge is 2.21. The Morgan fingerprint density at radius 1 is 1.25 bits per heavy atom. The van der Waals surface area contributed by atoms with Crippen LogP contribution < -0.4 is 15.4 Å². The van der Waals surface area contributed by atoms with Crippen LogP contribution in [0.25, 0.3) is 0 Å². The molecular weight excluding hydrogens is 517 g/mol. The zero-order valence-corrected chi connectivity index (χ0v) is 22.9. The first-order chi connectivity index (χ1) is 15.0. The molecule has 1 unspecified atom stereocenters. The molecule has 1 saturated heterocycles. The highest BCUT2D eigenvalue weighted by atomic mass is 127. The lowest BCUT2D eigenvalue weighted by atomic mass is 10.2. The maximum atomic E-state index is 6.07. The molecule has 0 aromatic heterocycles. The van der Waals surface area contributed by atoms with Crippen LogP contribution in [0.1, 0.15) is 33.3 Å². The van der Waals surface area contributed by atoms with Crippen LogP contribution in [0.2, 0.25) is 0 Å². The van der Waals surface area contributed by atoms with E-state index >= 15 is 0 Å². The second kappa shape index (κ2) is 16.5. The molecule has 8 heteroatoms. The predicted molar refractivity (Wildman–Crippen MR) is 144 cm³/mol. The molecule has 1 aliphatic rings. The molecule has 0 radical (unpaired) electrons. The van der Waals surface area contributed by atoms with Gasteiger partial charge in [-0.05, 0) is 25.1 Å². The molecular formula is C24H44IN5O2. The first kappa shape index (κ1) is 28.9. The van der Waals surface area contributed by atoms with Crippen molar-refractivity contribution >= 4 is 29.9 Å². The van der Waals surface area contributed by atoms with Gasteiger partial charge in [-0.15, -0.1) is 24.0 Å². The quantitative estimate of drug-likeness (QED) is 0.233. The number of para-hydroxylation sites is 1. The van der Waals surface area contributed by atoms with Crippen molar-refractivity contribution in [2.24, 2.45) is 10.9 Å². The van der Waals surface area contributed by atoms with Gasteiger partial charge in [-0.25, -0.2) is 0 Å². The van der Waals surface area contributed by atoms with Crippen molar-refractivity contribution in [3.05, 3.63) is 29.8 Å². The van der Waals surface area contributed by atoms with Crippen LogP contribution in [0, 0.1) is 5.92 Å². The molecule has 1 aliphatic heterocycles. The number of nitrogens with zero attached hydrogens (tertiary/aromatic N) is 3. The van der Waals surface area contributed by atoms with Crippen molar-refractivity contribution in [1.29, 1.82) is 0 Å². The molecule has 1 aromatic rings. The lowest BCUT2D eigenvalue weighted by Gasteiger charge is -2.34. The van der Waals surface area contributed by atoms with Gasteiger partial charge in [0.05, 0.1) is 12.7 Å². The van der Waals surface area contributed by atoms with Crippen molar-refractivity contribution in [2.75, 3.05) is 66.1 Å². The number of likely N-dealkylation sites (N-methyl/N-ethyl adjacent to an activating group) is 1. The van der Waals surface area contributed by atoms with Crippen LogP contribution >= 0.6 is 24.0 Å². The minimum Gasteiger partial charge on any atom is -0.492 e. The summed E-state index contributed by atoms with van der Waals surface area (Å²) < 4.78 is 12.0. The van der Waals surface area contributed by atoms with Gasteiger partial charge in [0.1, 0.15) is 12.4 Å². The van der Waals surface area contributed by atoms with Crippen LogP contribution in [0.5, 0.6) is 5.75 Å². The molecule has 32 heavy (non-hydrogen) atoms. The van der Waals surface area contributed by atoms with Crippen LogP contribution in [-0.4, -0.2) is 87.9 Å². The monoisotopic (exact) mass is 561 g/mol. The Bertz CT molecular complexity index is 655. The molecule has 1 heterocycles. The number of morpholine rings is 1. The molecule has 0 bridgehead atoms. The molecule has 1 aromatic carbocycles. The second-order valence-corrected chi connectivity index (χ2v) is 8.44. The first-order valence-electron chi connectivity index (χ1n) is 11.8. The minimum atomic E-state index is 0. The predicted octanol–water partition coefficient (Wildman–Crippen LogP) is 3.05. The Hall–Kier alpha value is -1.10. The molecule has 184 valence electrons. The van der Waals surface area contributed by atoms with E-state index < -0.39 is 0 Å². The van der Waals surface area contributed by atoms with Crippen molar-refractivity contribution in [2.45, 2.75) is 40.3 Å².